The van der Waals surface area contributed by atoms with Gasteiger partial charge < -0.3 is 15.8 Å². The lowest BCUT2D eigenvalue weighted by Crippen LogP contribution is -2.31. The smallest absolute Gasteiger partial charge is 0.322 e. The van der Waals surface area contributed by atoms with Crippen LogP contribution < -0.4 is 11.1 Å². The Labute approximate surface area is 139 Å². The molecule has 0 spiro atoms. The highest BCUT2D eigenvalue weighted by atomic mass is 16.5. The first-order chi connectivity index (χ1) is 11.1. The molecule has 0 saturated heterocycles. The van der Waals surface area contributed by atoms with Crippen LogP contribution in [0.5, 0.6) is 0 Å². The second-order valence-corrected chi connectivity index (χ2v) is 4.63. The predicted octanol–water partition coefficient (Wildman–Crippen LogP) is 2.41. The van der Waals surface area contributed by atoms with Gasteiger partial charge in [0.15, 0.2) is 0 Å². The van der Waals surface area contributed by atoms with Crippen LogP contribution in [-0.4, -0.2) is 31.6 Å². The molecule has 1 aliphatic rings. The van der Waals surface area contributed by atoms with Crippen molar-refractivity contribution in [2.75, 3.05) is 13.7 Å². The maximum Gasteiger partial charge on any atom is 0.322 e. The van der Waals surface area contributed by atoms with Crippen molar-refractivity contribution in [2.24, 2.45) is 5.73 Å². The van der Waals surface area contributed by atoms with E-state index in [0.29, 0.717) is 18.5 Å². The molecule has 5 nitrogen and oxygen atoms in total. The lowest BCUT2D eigenvalue weighted by molar-refractivity contribution is -0.142. The summed E-state index contributed by atoms with van der Waals surface area (Å²) in [5.41, 5.74) is 6.24. The molecule has 0 bridgehead atoms. The third kappa shape index (κ3) is 9.47. The summed E-state index contributed by atoms with van der Waals surface area (Å²) in [6.07, 6.45) is 14.9. The van der Waals surface area contributed by atoms with Crippen molar-refractivity contribution in [2.45, 2.75) is 39.2 Å². The second kappa shape index (κ2) is 13.5. The molecule has 1 aliphatic carbocycles. The molecular weight excluding hydrogens is 292 g/mol. The van der Waals surface area contributed by atoms with Crippen LogP contribution in [0.4, 0.5) is 0 Å². The summed E-state index contributed by atoms with van der Waals surface area (Å²) in [6, 6.07) is -0.584. The zero-order valence-electron chi connectivity index (χ0n) is 14.2. The fourth-order valence-corrected chi connectivity index (χ4v) is 1.78. The van der Waals surface area contributed by atoms with E-state index in [1.165, 1.54) is 7.11 Å². The van der Waals surface area contributed by atoms with Gasteiger partial charge >= 0.3 is 5.97 Å². The third-order valence-corrected chi connectivity index (χ3v) is 2.99. The quantitative estimate of drug-likeness (QED) is 0.557. The van der Waals surface area contributed by atoms with Crippen molar-refractivity contribution in [3.8, 4) is 0 Å². The molecule has 0 aromatic carbocycles. The fraction of sp³-hybridized carbons (Fsp3) is 0.444. The van der Waals surface area contributed by atoms with Gasteiger partial charge in [-0.25, -0.2) is 0 Å². The van der Waals surface area contributed by atoms with E-state index >= 15 is 0 Å². The standard InChI is InChI=1S/C16H22N2O3.C2H6/c1-21-16(20)14(17)11-7-8-12-18-15(19)13-9-5-3-2-4-6-10-13;1-2/h2-6,9-10,14H,7-8,11-12,17H2,1H3,(H,18,19);1-2H3/b3-2-,4-2?,5-3?,6-4-,9-5-,10-6?,13-9?,13-10+;. The van der Waals surface area contributed by atoms with Gasteiger partial charge in [0.25, 0.3) is 5.91 Å². The van der Waals surface area contributed by atoms with Gasteiger partial charge in [0.1, 0.15) is 6.04 Å². The van der Waals surface area contributed by atoms with Gasteiger partial charge in [0, 0.05) is 12.1 Å². The molecule has 0 aliphatic heterocycles. The molecular formula is C18H28N2O3. The van der Waals surface area contributed by atoms with E-state index in [4.69, 9.17) is 5.73 Å². The number of esters is 1. The molecule has 1 rings (SSSR count). The first-order valence-corrected chi connectivity index (χ1v) is 7.98. The maximum atomic E-state index is 11.9. The number of hydrogen-bond acceptors (Lipinski definition) is 4. The highest BCUT2D eigenvalue weighted by molar-refractivity contribution is 5.96. The summed E-state index contributed by atoms with van der Waals surface area (Å²) < 4.78 is 4.55. The molecule has 5 heteroatoms. The summed E-state index contributed by atoms with van der Waals surface area (Å²) >= 11 is 0. The normalized spacial score (nSPS) is 20.3. The molecule has 1 unspecified atom stereocenters. The van der Waals surface area contributed by atoms with Crippen LogP contribution in [0.2, 0.25) is 0 Å². The zero-order chi connectivity index (χ0) is 17.5. The molecule has 0 saturated carbocycles. The molecule has 0 aromatic heterocycles. The van der Waals surface area contributed by atoms with Crippen molar-refractivity contribution in [1.29, 1.82) is 0 Å². The van der Waals surface area contributed by atoms with Gasteiger partial charge in [-0.1, -0.05) is 44.2 Å². The van der Waals surface area contributed by atoms with Crippen LogP contribution in [-0.2, 0) is 14.3 Å². The Balaban J connectivity index is 0.00000232. The van der Waals surface area contributed by atoms with Gasteiger partial charge in [-0.2, -0.15) is 0 Å². The van der Waals surface area contributed by atoms with Crippen LogP contribution in [0.15, 0.2) is 48.1 Å². The molecule has 0 aromatic rings. The van der Waals surface area contributed by atoms with Crippen molar-refractivity contribution in [1.82, 2.24) is 5.32 Å². The number of hydrogen-bond donors (Lipinski definition) is 2. The van der Waals surface area contributed by atoms with Crippen molar-refractivity contribution < 1.29 is 14.3 Å². The molecule has 1 amide bonds. The Morgan fingerprint density at radius 3 is 2.48 bits per heavy atom. The summed E-state index contributed by atoms with van der Waals surface area (Å²) in [7, 11) is 1.32. The van der Waals surface area contributed by atoms with Gasteiger partial charge in [0.2, 0.25) is 0 Å². The Morgan fingerprint density at radius 2 is 1.78 bits per heavy atom. The molecule has 23 heavy (non-hydrogen) atoms. The monoisotopic (exact) mass is 320 g/mol. The number of methoxy groups -OCH3 is 1. The molecule has 3 N–H and O–H groups in total. The Morgan fingerprint density at radius 1 is 1.13 bits per heavy atom. The first-order valence-electron chi connectivity index (χ1n) is 7.98. The molecule has 0 heterocycles. The maximum absolute atomic E-state index is 11.9. The number of ether oxygens (including phenoxy) is 1. The van der Waals surface area contributed by atoms with E-state index in [-0.39, 0.29) is 5.91 Å². The SMILES string of the molecule is CC.COC(=O)C(N)CCCCNC(=O)C1=C/C=C\C=C/C=C\1. The predicted molar refractivity (Wildman–Crippen MR) is 93.7 cm³/mol. The van der Waals surface area contributed by atoms with Crippen molar-refractivity contribution in [3.63, 3.8) is 0 Å². The Kier molecular flexibility index (Phi) is 12.3. The topological polar surface area (TPSA) is 81.4 Å². The highest BCUT2D eigenvalue weighted by Crippen LogP contribution is 2.03. The van der Waals surface area contributed by atoms with E-state index in [2.05, 4.69) is 10.1 Å². The minimum Gasteiger partial charge on any atom is -0.468 e. The number of amides is 1. The summed E-state index contributed by atoms with van der Waals surface area (Å²) in [6.45, 7) is 4.55. The second-order valence-electron chi connectivity index (χ2n) is 4.63. The van der Waals surface area contributed by atoms with E-state index in [0.717, 1.165) is 12.8 Å². The van der Waals surface area contributed by atoms with E-state index < -0.39 is 12.0 Å². The summed E-state index contributed by atoms with van der Waals surface area (Å²) in [4.78, 5) is 23.0. The molecule has 128 valence electrons. The van der Waals surface area contributed by atoms with Crippen LogP contribution >= 0.6 is 0 Å². The van der Waals surface area contributed by atoms with Gasteiger partial charge in [0.05, 0.1) is 7.11 Å². The number of carbonyl (C=O) groups is 2. The van der Waals surface area contributed by atoms with Crippen LogP contribution in [0.1, 0.15) is 33.1 Å². The van der Waals surface area contributed by atoms with Gasteiger partial charge in [-0.15, -0.1) is 0 Å². The number of nitrogens with two attached hydrogens (primary N) is 1. The molecule has 1 atom stereocenters. The van der Waals surface area contributed by atoms with Crippen LogP contribution in [0, 0.1) is 0 Å². The number of rotatable bonds is 7. The summed E-state index contributed by atoms with van der Waals surface area (Å²) in [5, 5.41) is 2.84. The molecule has 0 fully saturated rings. The zero-order valence-corrected chi connectivity index (χ0v) is 14.2. The Hall–Kier alpha value is -2.14. The van der Waals surface area contributed by atoms with Gasteiger partial charge in [-0.3, -0.25) is 9.59 Å². The third-order valence-electron chi connectivity index (χ3n) is 2.99. The minimum absolute atomic E-state index is 0.108. The van der Waals surface area contributed by atoms with Crippen LogP contribution in [0.25, 0.3) is 0 Å². The lowest BCUT2D eigenvalue weighted by Gasteiger charge is -2.09. The molecule has 0 radical (unpaired) electrons. The summed E-state index contributed by atoms with van der Waals surface area (Å²) in [5.74, 6) is -0.507. The fourth-order valence-electron chi connectivity index (χ4n) is 1.78. The Bertz CT molecular complexity index is 477. The minimum atomic E-state index is -0.584. The number of nitrogens with one attached hydrogen (secondary N) is 1. The van der Waals surface area contributed by atoms with E-state index in [1.807, 2.05) is 44.2 Å². The average molecular weight is 320 g/mol. The largest absolute Gasteiger partial charge is 0.468 e. The van der Waals surface area contributed by atoms with E-state index in [9.17, 15) is 9.59 Å². The van der Waals surface area contributed by atoms with Crippen molar-refractivity contribution >= 4 is 11.9 Å². The number of unbranched alkanes of at least 4 members (excludes halogenated alkanes) is 1. The first kappa shape index (κ1) is 20.9. The lowest BCUT2D eigenvalue weighted by atomic mass is 10.1. The van der Waals surface area contributed by atoms with E-state index in [1.54, 1.807) is 12.2 Å². The highest BCUT2D eigenvalue weighted by Gasteiger charge is 2.12. The van der Waals surface area contributed by atoms with Crippen molar-refractivity contribution in [3.05, 3.63) is 48.1 Å². The average Bonchev–Trinajstić information content (AvgIpc) is 2.54. The van der Waals surface area contributed by atoms with Gasteiger partial charge in [-0.05, 0) is 31.4 Å². The number of carbonyl (C=O) groups excluding carboxylic acids is 2. The van der Waals surface area contributed by atoms with Crippen LogP contribution in [0.3, 0.4) is 0 Å². The number of allylic oxidation sites excluding steroid dienone is 6.